The number of non-ortho nitro benzene ring substituents is 1. The molecule has 9 heteroatoms. The Balaban J connectivity index is 1.88. The molecule has 1 aromatic carbocycles. The molecule has 146 valence electrons. The Bertz CT molecular complexity index is 914. The monoisotopic (exact) mass is 384 g/mol. The number of carbonyl (C=O) groups is 3. The maximum atomic E-state index is 13.4. The molecule has 2 fully saturated rings. The smallest absolute Gasteiger partial charge is 0.331 e. The number of nitrogens with zero attached hydrogens (tertiary/aromatic N) is 3. The van der Waals surface area contributed by atoms with Gasteiger partial charge in [0.2, 0.25) is 11.8 Å². The second-order valence-corrected chi connectivity index (χ2v) is 7.39. The summed E-state index contributed by atoms with van der Waals surface area (Å²) >= 11 is 0. The second kappa shape index (κ2) is 6.43. The normalized spacial score (nSPS) is 26.6. The van der Waals surface area contributed by atoms with Crippen molar-refractivity contribution in [2.24, 2.45) is 5.41 Å². The quantitative estimate of drug-likeness (QED) is 0.368. The van der Waals surface area contributed by atoms with Gasteiger partial charge in [-0.2, -0.15) is 0 Å². The average Bonchev–Trinajstić information content (AvgIpc) is 2.69. The third-order valence-corrected chi connectivity index (χ3v) is 5.93. The van der Waals surface area contributed by atoms with E-state index in [2.05, 4.69) is 11.9 Å². The van der Waals surface area contributed by atoms with Gasteiger partial charge >= 0.3 is 6.03 Å². The van der Waals surface area contributed by atoms with Crippen molar-refractivity contribution >= 4 is 29.2 Å². The van der Waals surface area contributed by atoms with Crippen LogP contribution in [0.1, 0.15) is 24.8 Å². The van der Waals surface area contributed by atoms with Crippen molar-refractivity contribution in [2.75, 3.05) is 18.0 Å². The topological polar surface area (TPSA) is 113 Å². The lowest BCUT2D eigenvalue weighted by atomic mass is 9.66. The molecule has 9 nitrogen and oxygen atoms in total. The van der Waals surface area contributed by atoms with Crippen LogP contribution in [0.25, 0.3) is 0 Å². The summed E-state index contributed by atoms with van der Waals surface area (Å²) in [6.07, 6.45) is 3.85. The van der Waals surface area contributed by atoms with E-state index in [-0.39, 0.29) is 18.7 Å². The number of nitro benzene ring substituents is 1. The van der Waals surface area contributed by atoms with Gasteiger partial charge in [0.1, 0.15) is 0 Å². The van der Waals surface area contributed by atoms with Gasteiger partial charge < -0.3 is 4.90 Å². The Labute approximate surface area is 161 Å². The van der Waals surface area contributed by atoms with Crippen LogP contribution in [-0.4, -0.2) is 46.8 Å². The number of nitrogens with one attached hydrogen (secondary N) is 1. The molecule has 0 aliphatic carbocycles. The minimum Gasteiger partial charge on any atom is -0.367 e. The number of hydrogen-bond acceptors (Lipinski definition) is 6. The van der Waals surface area contributed by atoms with Crippen LogP contribution in [0.2, 0.25) is 0 Å². The van der Waals surface area contributed by atoms with E-state index in [1.165, 1.54) is 18.2 Å². The van der Waals surface area contributed by atoms with E-state index in [1.807, 2.05) is 4.90 Å². The van der Waals surface area contributed by atoms with Crippen molar-refractivity contribution in [3.05, 3.63) is 46.5 Å². The van der Waals surface area contributed by atoms with E-state index in [4.69, 9.17) is 0 Å². The zero-order valence-electron chi connectivity index (χ0n) is 15.2. The van der Waals surface area contributed by atoms with Crippen LogP contribution in [-0.2, 0) is 16.0 Å². The highest BCUT2D eigenvalue weighted by Crippen LogP contribution is 2.48. The molecular formula is C19H20N4O5. The molecule has 2 saturated heterocycles. The molecule has 0 aromatic heterocycles. The largest absolute Gasteiger partial charge is 0.367 e. The summed E-state index contributed by atoms with van der Waals surface area (Å²) in [5, 5.41) is 13.6. The van der Waals surface area contributed by atoms with Gasteiger partial charge in [-0.1, -0.05) is 6.08 Å². The number of benzene rings is 1. The zero-order chi connectivity index (χ0) is 20.1. The highest BCUT2D eigenvalue weighted by Gasteiger charge is 2.62. The SMILES string of the molecule is C=CCN1C(=O)NC(=O)[C@]2(Cc3cc([N+](=O)[O-])ccc3N3CCCC[C@H]32)C1=O. The predicted molar refractivity (Wildman–Crippen MR) is 99.7 cm³/mol. The van der Waals surface area contributed by atoms with Crippen LogP contribution in [0.5, 0.6) is 0 Å². The van der Waals surface area contributed by atoms with Crippen molar-refractivity contribution < 1.29 is 19.3 Å². The van der Waals surface area contributed by atoms with Crippen LogP contribution in [0.4, 0.5) is 16.2 Å². The Hall–Kier alpha value is -3.23. The van der Waals surface area contributed by atoms with Gasteiger partial charge in [-0.3, -0.25) is 29.9 Å². The Kier molecular flexibility index (Phi) is 4.17. The van der Waals surface area contributed by atoms with E-state index in [0.717, 1.165) is 23.4 Å². The number of urea groups is 1. The summed E-state index contributed by atoms with van der Waals surface area (Å²) in [5.74, 6) is -1.19. The number of hydrogen-bond donors (Lipinski definition) is 1. The van der Waals surface area contributed by atoms with Crippen LogP contribution in [0.3, 0.4) is 0 Å². The predicted octanol–water partition coefficient (Wildman–Crippen LogP) is 1.76. The molecule has 2 atom stereocenters. The maximum absolute atomic E-state index is 13.4. The van der Waals surface area contributed by atoms with E-state index in [9.17, 15) is 24.5 Å². The number of carbonyl (C=O) groups excluding carboxylic acids is 3. The van der Waals surface area contributed by atoms with Gasteiger partial charge in [0.15, 0.2) is 5.41 Å². The minimum absolute atomic E-state index is 0.00574. The van der Waals surface area contributed by atoms with Gasteiger partial charge in [0, 0.05) is 37.3 Å². The van der Waals surface area contributed by atoms with Crippen molar-refractivity contribution in [2.45, 2.75) is 31.7 Å². The summed E-state index contributed by atoms with van der Waals surface area (Å²) in [7, 11) is 0. The van der Waals surface area contributed by atoms with Gasteiger partial charge in [0.25, 0.3) is 5.69 Å². The third kappa shape index (κ3) is 2.42. The molecule has 1 aromatic rings. The molecule has 1 N–H and O–H groups in total. The highest BCUT2D eigenvalue weighted by atomic mass is 16.6. The highest BCUT2D eigenvalue weighted by molar-refractivity contribution is 6.20. The first-order valence-corrected chi connectivity index (χ1v) is 9.22. The molecular weight excluding hydrogens is 364 g/mol. The second-order valence-electron chi connectivity index (χ2n) is 7.39. The summed E-state index contributed by atoms with van der Waals surface area (Å²) in [5.41, 5.74) is -0.191. The molecule has 3 aliphatic heterocycles. The van der Waals surface area contributed by atoms with Crippen molar-refractivity contribution in [1.82, 2.24) is 10.2 Å². The lowest BCUT2D eigenvalue weighted by molar-refractivity contribution is -0.384. The summed E-state index contributed by atoms with van der Waals surface area (Å²) in [6, 6.07) is 3.40. The van der Waals surface area contributed by atoms with Crippen molar-refractivity contribution in [3.63, 3.8) is 0 Å². The third-order valence-electron chi connectivity index (χ3n) is 5.93. The van der Waals surface area contributed by atoms with Crippen molar-refractivity contribution in [1.29, 1.82) is 0 Å². The van der Waals surface area contributed by atoms with Gasteiger partial charge in [-0.25, -0.2) is 4.79 Å². The number of rotatable bonds is 3. The van der Waals surface area contributed by atoms with Crippen LogP contribution < -0.4 is 10.2 Å². The van der Waals surface area contributed by atoms with Crippen LogP contribution in [0, 0.1) is 15.5 Å². The standard InChI is InChI=1S/C19H20N4O5/c1-2-8-22-17(25)19(16(24)20-18(22)26)11-12-10-13(23(27)28)6-7-14(12)21-9-4-3-5-15(19)21/h2,6-7,10,15H,1,3-5,8-9,11H2,(H,20,24,26)/t15-,19+/m0/s1. The molecule has 3 aliphatic rings. The first kappa shape index (κ1) is 18.1. The number of barbiturate groups is 1. The molecule has 4 rings (SSSR count). The number of imide groups is 2. The average molecular weight is 384 g/mol. The first-order chi connectivity index (χ1) is 13.4. The molecule has 0 radical (unpaired) electrons. The molecule has 28 heavy (non-hydrogen) atoms. The molecule has 4 amide bonds. The number of fused-ring (bicyclic) bond motifs is 4. The van der Waals surface area contributed by atoms with E-state index in [0.29, 0.717) is 18.5 Å². The molecule has 0 bridgehead atoms. The minimum atomic E-state index is -1.49. The van der Waals surface area contributed by atoms with Crippen molar-refractivity contribution in [3.8, 4) is 0 Å². The molecule has 0 unspecified atom stereocenters. The first-order valence-electron chi connectivity index (χ1n) is 9.22. The Morgan fingerprint density at radius 2 is 2.11 bits per heavy atom. The fourth-order valence-corrected chi connectivity index (χ4v) is 4.71. The maximum Gasteiger partial charge on any atom is 0.331 e. The van der Waals surface area contributed by atoms with Crippen LogP contribution in [0.15, 0.2) is 30.9 Å². The molecule has 0 saturated carbocycles. The fraction of sp³-hybridized carbons (Fsp3) is 0.421. The van der Waals surface area contributed by atoms with Crippen LogP contribution >= 0.6 is 0 Å². The van der Waals surface area contributed by atoms with Gasteiger partial charge in [-0.15, -0.1) is 6.58 Å². The summed E-state index contributed by atoms with van der Waals surface area (Å²) in [6.45, 7) is 4.22. The van der Waals surface area contributed by atoms with E-state index < -0.39 is 34.2 Å². The zero-order valence-corrected chi connectivity index (χ0v) is 15.2. The Morgan fingerprint density at radius 1 is 1.32 bits per heavy atom. The molecule has 1 spiro atoms. The number of anilines is 1. The van der Waals surface area contributed by atoms with Gasteiger partial charge in [-0.05, 0) is 30.9 Å². The summed E-state index contributed by atoms with van der Waals surface area (Å²) < 4.78 is 0. The Morgan fingerprint density at radius 3 is 2.82 bits per heavy atom. The summed E-state index contributed by atoms with van der Waals surface area (Å²) in [4.78, 5) is 52.4. The van der Waals surface area contributed by atoms with E-state index in [1.54, 1.807) is 6.07 Å². The van der Waals surface area contributed by atoms with E-state index >= 15 is 0 Å². The fourth-order valence-electron chi connectivity index (χ4n) is 4.71. The molecule has 3 heterocycles. The number of piperidine rings is 1. The van der Waals surface area contributed by atoms with Gasteiger partial charge in [0.05, 0.1) is 11.0 Å². The lowest BCUT2D eigenvalue weighted by Crippen LogP contribution is -2.72. The number of amides is 4. The number of nitro groups is 1. The lowest BCUT2D eigenvalue weighted by Gasteiger charge is -2.53.